The van der Waals surface area contributed by atoms with Crippen LogP contribution < -0.4 is 5.32 Å². The zero-order valence-electron chi connectivity index (χ0n) is 16.2. The van der Waals surface area contributed by atoms with Crippen LogP contribution in [0.5, 0.6) is 0 Å². The summed E-state index contributed by atoms with van der Waals surface area (Å²) in [6, 6.07) is 5.33. The molecule has 1 atom stereocenters. The smallest absolute Gasteiger partial charge is 0.356 e. The van der Waals surface area contributed by atoms with Gasteiger partial charge in [-0.1, -0.05) is 29.8 Å². The molecule has 2 aromatic rings. The van der Waals surface area contributed by atoms with Crippen LogP contribution in [0.3, 0.4) is 0 Å². The molecule has 0 spiro atoms. The first kappa shape index (κ1) is 19.9. The van der Waals surface area contributed by atoms with Crippen LogP contribution in [0.1, 0.15) is 44.1 Å². The summed E-state index contributed by atoms with van der Waals surface area (Å²) in [4.78, 5) is 30.4. The molecule has 0 radical (unpaired) electrons. The number of esters is 1. The number of benzene rings is 1. The zero-order chi connectivity index (χ0) is 19.8. The molecule has 1 aliphatic rings. The lowest BCUT2D eigenvalue weighted by atomic mass is 9.83. The molecule has 1 saturated heterocycles. The van der Waals surface area contributed by atoms with Crippen molar-refractivity contribution >= 4 is 44.4 Å². The van der Waals surface area contributed by atoms with Crippen LogP contribution in [0, 0.1) is 5.41 Å². The number of hydrogen-bond acceptors (Lipinski definition) is 4. The van der Waals surface area contributed by atoms with Gasteiger partial charge in [0.05, 0.1) is 18.8 Å². The van der Waals surface area contributed by atoms with Crippen molar-refractivity contribution in [3.63, 3.8) is 0 Å². The summed E-state index contributed by atoms with van der Waals surface area (Å²) < 4.78 is 5.75. The first-order valence-corrected chi connectivity index (χ1v) is 9.95. The van der Waals surface area contributed by atoms with E-state index < -0.39 is 5.97 Å². The minimum atomic E-state index is -0.510. The van der Waals surface area contributed by atoms with Gasteiger partial charge >= 0.3 is 5.97 Å². The second kappa shape index (κ2) is 7.64. The Kier molecular flexibility index (Phi) is 5.63. The van der Waals surface area contributed by atoms with Gasteiger partial charge in [0, 0.05) is 21.9 Å². The molecule has 0 bridgehead atoms. The van der Waals surface area contributed by atoms with Gasteiger partial charge in [-0.3, -0.25) is 9.69 Å². The Morgan fingerprint density at radius 2 is 2.11 bits per heavy atom. The van der Waals surface area contributed by atoms with E-state index in [1.54, 1.807) is 0 Å². The molecule has 2 heterocycles. The maximum absolute atomic E-state index is 13.0. The molecular formula is C20H26BrN3O3. The summed E-state index contributed by atoms with van der Waals surface area (Å²) >= 11 is 3.45. The van der Waals surface area contributed by atoms with E-state index >= 15 is 0 Å². The fourth-order valence-electron chi connectivity index (χ4n) is 3.74. The molecule has 1 fully saturated rings. The van der Waals surface area contributed by atoms with Crippen molar-refractivity contribution in [2.45, 2.75) is 39.7 Å². The summed E-state index contributed by atoms with van der Waals surface area (Å²) in [7, 11) is 1.33. The van der Waals surface area contributed by atoms with E-state index in [4.69, 9.17) is 4.74 Å². The van der Waals surface area contributed by atoms with Gasteiger partial charge in [0.25, 0.3) is 0 Å². The van der Waals surface area contributed by atoms with Gasteiger partial charge in [-0.15, -0.1) is 0 Å². The number of halogens is 1. The molecule has 1 aliphatic heterocycles. The van der Waals surface area contributed by atoms with E-state index in [0.717, 1.165) is 34.9 Å². The molecule has 1 amide bonds. The number of aromatic amines is 1. The third kappa shape index (κ3) is 4.19. The summed E-state index contributed by atoms with van der Waals surface area (Å²) in [5.74, 6) is -0.636. The highest BCUT2D eigenvalue weighted by Gasteiger charge is 2.32. The normalized spacial score (nSPS) is 18.3. The molecule has 7 heteroatoms. The summed E-state index contributed by atoms with van der Waals surface area (Å²) in [6.45, 7) is 8.16. The van der Waals surface area contributed by atoms with Crippen LogP contribution in [0.15, 0.2) is 22.7 Å². The number of carbonyl (C=O) groups is 2. The Hall–Kier alpha value is -1.86. The van der Waals surface area contributed by atoms with Crippen LogP contribution in [0.25, 0.3) is 10.9 Å². The van der Waals surface area contributed by atoms with E-state index in [1.165, 1.54) is 13.5 Å². The van der Waals surface area contributed by atoms with Crippen molar-refractivity contribution < 1.29 is 14.3 Å². The van der Waals surface area contributed by atoms with Crippen LogP contribution in [-0.2, 0) is 9.53 Å². The number of likely N-dealkylation sites (tertiary alicyclic amines) is 1. The number of hydrogen-bond donors (Lipinski definition) is 2. The third-order valence-electron chi connectivity index (χ3n) is 5.26. The molecular weight excluding hydrogens is 410 g/mol. The summed E-state index contributed by atoms with van der Waals surface area (Å²) in [5.41, 5.74) is 1.69. The molecule has 6 nitrogen and oxygen atoms in total. The lowest BCUT2D eigenvalue weighted by Crippen LogP contribution is -2.49. The molecule has 1 aromatic carbocycles. The molecule has 1 unspecified atom stereocenters. The van der Waals surface area contributed by atoms with E-state index in [-0.39, 0.29) is 23.1 Å². The van der Waals surface area contributed by atoms with Gasteiger partial charge in [0.15, 0.2) is 0 Å². The summed E-state index contributed by atoms with van der Waals surface area (Å²) in [6.07, 6.45) is 2.25. The third-order valence-corrected chi connectivity index (χ3v) is 5.75. The number of anilines is 1. The number of rotatable bonds is 4. The topological polar surface area (TPSA) is 74.4 Å². The predicted octanol–water partition coefficient (Wildman–Crippen LogP) is 4.17. The number of H-pyrrole nitrogens is 1. The first-order chi connectivity index (χ1) is 12.7. The molecule has 146 valence electrons. The largest absolute Gasteiger partial charge is 0.464 e. The van der Waals surface area contributed by atoms with Crippen molar-refractivity contribution in [1.29, 1.82) is 0 Å². The Bertz CT molecular complexity index is 875. The van der Waals surface area contributed by atoms with E-state index in [0.29, 0.717) is 5.69 Å². The number of fused-ring (bicyclic) bond motifs is 1. The lowest BCUT2D eigenvalue weighted by molar-refractivity contribution is -0.121. The average molecular weight is 436 g/mol. The quantitative estimate of drug-likeness (QED) is 0.706. The van der Waals surface area contributed by atoms with E-state index in [1.807, 2.05) is 25.1 Å². The number of aromatic nitrogens is 1. The van der Waals surface area contributed by atoms with Crippen LogP contribution in [0.2, 0.25) is 0 Å². The predicted molar refractivity (Wildman–Crippen MR) is 110 cm³/mol. The van der Waals surface area contributed by atoms with Crippen LogP contribution in [0.4, 0.5) is 5.69 Å². The van der Waals surface area contributed by atoms with Gasteiger partial charge in [0.2, 0.25) is 5.91 Å². The Morgan fingerprint density at radius 3 is 2.78 bits per heavy atom. The monoisotopic (exact) mass is 435 g/mol. The fourth-order valence-corrected chi connectivity index (χ4v) is 4.10. The molecule has 2 N–H and O–H groups in total. The second-order valence-corrected chi connectivity index (χ2v) is 8.88. The average Bonchev–Trinajstić information content (AvgIpc) is 2.97. The van der Waals surface area contributed by atoms with E-state index in [9.17, 15) is 9.59 Å². The van der Waals surface area contributed by atoms with Gasteiger partial charge in [-0.25, -0.2) is 4.79 Å². The summed E-state index contributed by atoms with van der Waals surface area (Å²) in [5, 5.41) is 3.73. The van der Waals surface area contributed by atoms with Crippen molar-refractivity contribution in [2.24, 2.45) is 5.41 Å². The van der Waals surface area contributed by atoms with Crippen LogP contribution in [-0.4, -0.2) is 48.0 Å². The fraction of sp³-hybridized carbons (Fsp3) is 0.500. The lowest BCUT2D eigenvalue weighted by Gasteiger charge is -2.40. The van der Waals surface area contributed by atoms with Gasteiger partial charge in [0.1, 0.15) is 5.69 Å². The first-order valence-electron chi connectivity index (χ1n) is 9.16. The molecule has 3 rings (SSSR count). The standard InChI is InChI=1S/C20H26BrN3O3/c1-12(24-9-5-8-20(2,3)11-24)18(25)23-16-14-10-13(21)6-7-15(14)22-17(16)19(26)27-4/h6-7,10,12,22H,5,8-9,11H2,1-4H3,(H,23,25). The minimum Gasteiger partial charge on any atom is -0.464 e. The minimum absolute atomic E-state index is 0.126. The highest BCUT2D eigenvalue weighted by Crippen LogP contribution is 2.32. The number of methoxy groups -OCH3 is 1. The van der Waals surface area contributed by atoms with Crippen molar-refractivity contribution in [3.05, 3.63) is 28.4 Å². The van der Waals surface area contributed by atoms with Crippen molar-refractivity contribution in [3.8, 4) is 0 Å². The highest BCUT2D eigenvalue weighted by molar-refractivity contribution is 9.10. The SMILES string of the molecule is COC(=O)c1[nH]c2ccc(Br)cc2c1NC(=O)C(C)N1CCCC(C)(C)C1. The molecule has 0 aliphatic carbocycles. The number of nitrogens with zero attached hydrogens (tertiary/aromatic N) is 1. The number of amides is 1. The maximum Gasteiger partial charge on any atom is 0.356 e. The maximum atomic E-state index is 13.0. The Labute approximate surface area is 167 Å². The Morgan fingerprint density at radius 1 is 1.37 bits per heavy atom. The number of carbonyl (C=O) groups excluding carboxylic acids is 2. The molecule has 27 heavy (non-hydrogen) atoms. The van der Waals surface area contributed by atoms with Gasteiger partial charge in [-0.05, 0) is 49.9 Å². The number of nitrogens with one attached hydrogen (secondary N) is 2. The highest BCUT2D eigenvalue weighted by atomic mass is 79.9. The van der Waals surface area contributed by atoms with E-state index in [2.05, 4.69) is 45.0 Å². The van der Waals surface area contributed by atoms with Gasteiger partial charge < -0.3 is 15.0 Å². The molecule has 0 saturated carbocycles. The number of piperidine rings is 1. The Balaban J connectivity index is 1.89. The number of ether oxygens (including phenoxy) is 1. The molecule has 1 aromatic heterocycles. The van der Waals surface area contributed by atoms with Crippen LogP contribution >= 0.6 is 15.9 Å². The van der Waals surface area contributed by atoms with Gasteiger partial charge in [-0.2, -0.15) is 0 Å². The zero-order valence-corrected chi connectivity index (χ0v) is 17.8. The van der Waals surface area contributed by atoms with Crippen molar-refractivity contribution in [1.82, 2.24) is 9.88 Å². The second-order valence-electron chi connectivity index (χ2n) is 7.96. The van der Waals surface area contributed by atoms with Crippen molar-refractivity contribution in [2.75, 3.05) is 25.5 Å².